The molecule has 1 fully saturated rings. The van der Waals surface area contributed by atoms with Gasteiger partial charge in [0.2, 0.25) is 5.91 Å². The van der Waals surface area contributed by atoms with Crippen LogP contribution in [0.4, 0.5) is 0 Å². The highest BCUT2D eigenvalue weighted by atomic mass is 16.5. The lowest BCUT2D eigenvalue weighted by atomic mass is 10.0. The smallest absolute Gasteiger partial charge is 0.330 e. The fraction of sp³-hybridized carbons (Fsp3) is 0.778. The summed E-state index contributed by atoms with van der Waals surface area (Å²) in [6.45, 7) is 1.88. The van der Waals surface area contributed by atoms with E-state index in [4.69, 9.17) is 15.6 Å². The van der Waals surface area contributed by atoms with E-state index in [9.17, 15) is 9.59 Å². The first-order chi connectivity index (χ1) is 7.11. The van der Waals surface area contributed by atoms with Crippen molar-refractivity contribution in [2.24, 2.45) is 11.7 Å². The Morgan fingerprint density at radius 3 is 2.60 bits per heavy atom. The number of nitrogens with two attached hydrogens (primary N) is 1. The van der Waals surface area contributed by atoms with Gasteiger partial charge in [-0.1, -0.05) is 0 Å². The van der Waals surface area contributed by atoms with Crippen LogP contribution < -0.4 is 11.1 Å². The molecule has 0 aromatic rings. The first kappa shape index (κ1) is 11.9. The fourth-order valence-electron chi connectivity index (χ4n) is 1.42. The summed E-state index contributed by atoms with van der Waals surface area (Å²) < 4.78 is 5.16. The van der Waals surface area contributed by atoms with Crippen molar-refractivity contribution >= 4 is 11.9 Å². The third-order valence-electron chi connectivity index (χ3n) is 2.45. The van der Waals surface area contributed by atoms with Crippen molar-refractivity contribution in [3.8, 4) is 0 Å². The van der Waals surface area contributed by atoms with Crippen LogP contribution in [0.25, 0.3) is 0 Å². The molecule has 0 radical (unpaired) electrons. The molecular formula is C9H16N2O4. The molecule has 0 aromatic heterocycles. The van der Waals surface area contributed by atoms with E-state index in [1.807, 2.05) is 0 Å². The first-order valence-electron chi connectivity index (χ1n) is 4.95. The van der Waals surface area contributed by atoms with E-state index < -0.39 is 17.9 Å². The second-order valence-electron chi connectivity index (χ2n) is 3.62. The van der Waals surface area contributed by atoms with Crippen molar-refractivity contribution in [1.82, 2.24) is 5.32 Å². The van der Waals surface area contributed by atoms with Crippen LogP contribution >= 0.6 is 0 Å². The molecule has 1 aliphatic rings. The summed E-state index contributed by atoms with van der Waals surface area (Å²) in [5, 5.41) is 11.0. The van der Waals surface area contributed by atoms with Crippen LogP contribution in [0.15, 0.2) is 0 Å². The van der Waals surface area contributed by atoms with Gasteiger partial charge in [-0.3, -0.25) is 4.79 Å². The maximum absolute atomic E-state index is 11.2. The van der Waals surface area contributed by atoms with Crippen molar-refractivity contribution in [3.05, 3.63) is 0 Å². The van der Waals surface area contributed by atoms with Gasteiger partial charge in [0, 0.05) is 19.8 Å². The number of carbonyl (C=O) groups is 2. The summed E-state index contributed by atoms with van der Waals surface area (Å²) in [4.78, 5) is 21.6. The predicted octanol–water partition coefficient (Wildman–Crippen LogP) is -1.06. The number of ether oxygens (including phenoxy) is 1. The molecule has 1 saturated heterocycles. The monoisotopic (exact) mass is 216 g/mol. The average Bonchev–Trinajstić information content (AvgIpc) is 2.26. The van der Waals surface area contributed by atoms with Gasteiger partial charge in [0.05, 0.1) is 0 Å². The highest BCUT2D eigenvalue weighted by Crippen LogP contribution is 2.12. The molecule has 0 bridgehead atoms. The van der Waals surface area contributed by atoms with Crippen LogP contribution in [0.1, 0.15) is 12.8 Å². The van der Waals surface area contributed by atoms with E-state index in [1.54, 1.807) is 0 Å². The Labute approximate surface area is 87.8 Å². The molecule has 0 aromatic carbocycles. The number of rotatable bonds is 4. The van der Waals surface area contributed by atoms with Gasteiger partial charge in [-0.15, -0.1) is 0 Å². The molecule has 15 heavy (non-hydrogen) atoms. The maximum Gasteiger partial charge on any atom is 0.330 e. The van der Waals surface area contributed by atoms with Gasteiger partial charge < -0.3 is 20.9 Å². The number of hydrogen-bond acceptors (Lipinski definition) is 4. The van der Waals surface area contributed by atoms with Crippen LogP contribution in [0.2, 0.25) is 0 Å². The topological polar surface area (TPSA) is 102 Å². The molecule has 0 aliphatic carbocycles. The molecule has 6 heteroatoms. The third kappa shape index (κ3) is 3.85. The minimum absolute atomic E-state index is 0.365. The molecule has 4 N–H and O–H groups in total. The van der Waals surface area contributed by atoms with E-state index in [0.717, 1.165) is 12.8 Å². The lowest BCUT2D eigenvalue weighted by Gasteiger charge is -2.22. The standard InChI is InChI=1S/C9H16N2O4/c10-7(9(13)14)8(12)11-5-6-1-3-15-4-2-6/h6-7H,1-5,10H2,(H,11,12)(H,13,14). The first-order valence-corrected chi connectivity index (χ1v) is 4.95. The summed E-state index contributed by atoms with van der Waals surface area (Å²) in [6.07, 6.45) is 1.78. The van der Waals surface area contributed by atoms with Crippen LogP contribution in [0, 0.1) is 5.92 Å². The zero-order valence-corrected chi connectivity index (χ0v) is 8.44. The van der Waals surface area contributed by atoms with Gasteiger partial charge in [0.15, 0.2) is 6.04 Å². The number of carbonyl (C=O) groups excluding carboxylic acids is 1. The van der Waals surface area contributed by atoms with Crippen molar-refractivity contribution in [2.45, 2.75) is 18.9 Å². The zero-order valence-electron chi connectivity index (χ0n) is 8.44. The number of amides is 1. The Kier molecular flexibility index (Phi) is 4.51. The lowest BCUT2D eigenvalue weighted by molar-refractivity contribution is -0.142. The quantitative estimate of drug-likeness (QED) is 0.520. The van der Waals surface area contributed by atoms with Crippen molar-refractivity contribution in [2.75, 3.05) is 19.8 Å². The van der Waals surface area contributed by atoms with Crippen LogP contribution in [-0.4, -0.2) is 42.8 Å². The molecule has 6 nitrogen and oxygen atoms in total. The molecule has 86 valence electrons. The van der Waals surface area contributed by atoms with Crippen LogP contribution in [0.5, 0.6) is 0 Å². The number of hydrogen-bond donors (Lipinski definition) is 3. The van der Waals surface area contributed by atoms with E-state index in [1.165, 1.54) is 0 Å². The Morgan fingerprint density at radius 2 is 2.07 bits per heavy atom. The van der Waals surface area contributed by atoms with E-state index in [0.29, 0.717) is 25.7 Å². The molecule has 1 unspecified atom stereocenters. The Morgan fingerprint density at radius 1 is 1.47 bits per heavy atom. The second-order valence-corrected chi connectivity index (χ2v) is 3.62. The van der Waals surface area contributed by atoms with Gasteiger partial charge >= 0.3 is 5.97 Å². The van der Waals surface area contributed by atoms with Crippen LogP contribution in [0.3, 0.4) is 0 Å². The minimum atomic E-state index is -1.47. The molecule has 0 saturated carbocycles. The number of nitrogens with one attached hydrogen (secondary N) is 1. The molecule has 1 aliphatic heterocycles. The summed E-state index contributed by atoms with van der Waals surface area (Å²) in [7, 11) is 0. The molecule has 1 heterocycles. The Hall–Kier alpha value is -1.14. The van der Waals surface area contributed by atoms with Crippen molar-refractivity contribution in [3.63, 3.8) is 0 Å². The van der Waals surface area contributed by atoms with Gasteiger partial charge in [-0.2, -0.15) is 0 Å². The molecule has 1 atom stereocenters. The Bertz CT molecular complexity index is 238. The largest absolute Gasteiger partial charge is 0.480 e. The fourth-order valence-corrected chi connectivity index (χ4v) is 1.42. The number of carboxylic acid groups (broad SMARTS) is 1. The predicted molar refractivity (Wildman–Crippen MR) is 52.2 cm³/mol. The lowest BCUT2D eigenvalue weighted by Crippen LogP contribution is -2.47. The Balaban J connectivity index is 2.23. The van der Waals surface area contributed by atoms with E-state index in [-0.39, 0.29) is 0 Å². The third-order valence-corrected chi connectivity index (χ3v) is 2.45. The summed E-state index contributed by atoms with van der Waals surface area (Å²) in [6, 6.07) is -1.47. The molecule has 0 spiro atoms. The molecular weight excluding hydrogens is 200 g/mol. The summed E-state index contributed by atoms with van der Waals surface area (Å²) >= 11 is 0. The molecule has 1 rings (SSSR count). The number of aliphatic carboxylic acids is 1. The van der Waals surface area contributed by atoms with Gasteiger partial charge in [-0.25, -0.2) is 4.79 Å². The van der Waals surface area contributed by atoms with Crippen molar-refractivity contribution in [1.29, 1.82) is 0 Å². The zero-order chi connectivity index (χ0) is 11.3. The second kappa shape index (κ2) is 5.67. The van der Waals surface area contributed by atoms with Gasteiger partial charge in [0.25, 0.3) is 0 Å². The summed E-state index contributed by atoms with van der Waals surface area (Å²) in [5.74, 6) is -1.57. The van der Waals surface area contributed by atoms with Gasteiger partial charge in [0.1, 0.15) is 0 Å². The van der Waals surface area contributed by atoms with Gasteiger partial charge in [-0.05, 0) is 18.8 Å². The SMILES string of the molecule is NC(C(=O)O)C(=O)NCC1CCOCC1. The van der Waals surface area contributed by atoms with E-state index >= 15 is 0 Å². The highest BCUT2D eigenvalue weighted by molar-refractivity contribution is 6.00. The molecule has 1 amide bonds. The highest BCUT2D eigenvalue weighted by Gasteiger charge is 2.22. The summed E-state index contributed by atoms with van der Waals surface area (Å²) in [5.41, 5.74) is 5.14. The number of carboxylic acids is 1. The van der Waals surface area contributed by atoms with Crippen molar-refractivity contribution < 1.29 is 19.4 Å². The average molecular weight is 216 g/mol. The maximum atomic E-state index is 11.2. The van der Waals surface area contributed by atoms with Crippen LogP contribution in [-0.2, 0) is 14.3 Å². The minimum Gasteiger partial charge on any atom is -0.480 e. The normalized spacial score (nSPS) is 19.5. The van der Waals surface area contributed by atoms with E-state index in [2.05, 4.69) is 5.32 Å².